The van der Waals surface area contributed by atoms with Crippen LogP contribution < -0.4 is 10.2 Å². The maximum Gasteiger partial charge on any atom is 0.101 e. The molecular weight excluding hydrogens is 434 g/mol. The van der Waals surface area contributed by atoms with Gasteiger partial charge in [0.05, 0.1) is 26.6 Å². The molecule has 1 aromatic heterocycles. The number of aryl methyl sites for hydroxylation is 7. The summed E-state index contributed by atoms with van der Waals surface area (Å²) in [6.07, 6.45) is 2.34. The first-order valence-electron chi connectivity index (χ1n) is 12.0. The molecule has 4 heteroatoms. The van der Waals surface area contributed by atoms with Crippen molar-refractivity contribution in [3.05, 3.63) is 86.5 Å². The van der Waals surface area contributed by atoms with Gasteiger partial charge in [0.2, 0.25) is 0 Å². The van der Waals surface area contributed by atoms with Crippen molar-refractivity contribution >= 4 is 32.9 Å². The van der Waals surface area contributed by atoms with Gasteiger partial charge in [0.1, 0.15) is 6.17 Å². The van der Waals surface area contributed by atoms with Crippen molar-refractivity contribution < 1.29 is 0 Å². The van der Waals surface area contributed by atoms with Gasteiger partial charge in [0.15, 0.2) is 0 Å². The van der Waals surface area contributed by atoms with Crippen molar-refractivity contribution in [3.63, 3.8) is 0 Å². The lowest BCUT2D eigenvalue weighted by Gasteiger charge is -2.29. The molecule has 174 valence electrons. The lowest BCUT2D eigenvalue weighted by molar-refractivity contribution is 0.689. The Morgan fingerprint density at radius 2 is 1.35 bits per heavy atom. The van der Waals surface area contributed by atoms with Crippen LogP contribution in [-0.2, 0) is 0 Å². The number of hydrogen-bond donors (Lipinski definition) is 1. The van der Waals surface area contributed by atoms with Gasteiger partial charge in [0.25, 0.3) is 0 Å². The van der Waals surface area contributed by atoms with Gasteiger partial charge in [0, 0.05) is 17.3 Å². The fraction of sp³-hybridized carbons (Fsp3) is 0.300. The van der Waals surface area contributed by atoms with E-state index in [2.05, 4.69) is 108 Å². The summed E-state index contributed by atoms with van der Waals surface area (Å²) < 4.78 is 1.25. The Labute approximate surface area is 207 Å². The third-order valence-electron chi connectivity index (χ3n) is 6.88. The van der Waals surface area contributed by atoms with E-state index < -0.39 is 0 Å². The first-order valence-corrected chi connectivity index (χ1v) is 12.8. The minimum Gasteiger partial charge on any atom is -0.369 e. The zero-order valence-electron chi connectivity index (χ0n) is 21.4. The van der Waals surface area contributed by atoms with Gasteiger partial charge in [-0.3, -0.25) is 0 Å². The molecule has 0 spiro atoms. The van der Waals surface area contributed by atoms with Crippen molar-refractivity contribution in [1.82, 2.24) is 10.3 Å². The average Bonchev–Trinajstić information content (AvgIpc) is 3.29. The number of nitrogens with one attached hydrogen (secondary N) is 1. The van der Waals surface area contributed by atoms with Crippen molar-refractivity contribution in [3.8, 4) is 11.1 Å². The third-order valence-corrected chi connectivity index (χ3v) is 7.87. The number of benzene rings is 3. The van der Waals surface area contributed by atoms with E-state index in [0.29, 0.717) is 0 Å². The first kappa shape index (κ1) is 22.7. The standard InChI is InChI=1S/C30H33N3S/c1-16-11-18(3)27(19(4)12-16)24-9-10-25(30-29(24)32-23(8)34-30)33-22(7)31-15-26(33)28-20(5)13-17(2)14-21(28)6/h9-15,22,31H,1-8H3/t22-/m1/s1. The lowest BCUT2D eigenvalue weighted by atomic mass is 9.92. The second kappa shape index (κ2) is 8.28. The zero-order valence-corrected chi connectivity index (χ0v) is 22.2. The Hall–Kier alpha value is -3.11. The van der Waals surface area contributed by atoms with Crippen LogP contribution in [0.4, 0.5) is 5.69 Å². The summed E-state index contributed by atoms with van der Waals surface area (Å²) in [4.78, 5) is 7.50. The van der Waals surface area contributed by atoms with E-state index in [4.69, 9.17) is 4.98 Å². The van der Waals surface area contributed by atoms with Crippen molar-refractivity contribution in [1.29, 1.82) is 0 Å². The van der Waals surface area contributed by atoms with Crippen molar-refractivity contribution in [2.24, 2.45) is 0 Å². The van der Waals surface area contributed by atoms with Gasteiger partial charge in [-0.1, -0.05) is 41.5 Å². The van der Waals surface area contributed by atoms with Gasteiger partial charge in [-0.2, -0.15) is 0 Å². The summed E-state index contributed by atoms with van der Waals surface area (Å²) in [5.41, 5.74) is 15.2. The highest BCUT2D eigenvalue weighted by Gasteiger charge is 2.29. The molecule has 0 radical (unpaired) electrons. The number of hydrogen-bond acceptors (Lipinski definition) is 4. The summed E-state index contributed by atoms with van der Waals surface area (Å²) >= 11 is 1.79. The number of aromatic nitrogens is 1. The van der Waals surface area contributed by atoms with Gasteiger partial charge in [-0.15, -0.1) is 11.3 Å². The maximum atomic E-state index is 5.05. The fourth-order valence-electron chi connectivity index (χ4n) is 5.76. The number of nitrogens with zero attached hydrogens (tertiary/aromatic N) is 2. The van der Waals surface area contributed by atoms with Crippen LogP contribution in [0.15, 0.2) is 42.6 Å². The third kappa shape index (κ3) is 3.61. The molecule has 1 aliphatic rings. The number of rotatable bonds is 3. The highest BCUT2D eigenvalue weighted by Crippen LogP contribution is 2.44. The van der Waals surface area contributed by atoms with Crippen LogP contribution in [0.25, 0.3) is 27.0 Å². The van der Waals surface area contributed by atoms with Crippen LogP contribution >= 0.6 is 11.3 Å². The molecule has 3 nitrogen and oxygen atoms in total. The van der Waals surface area contributed by atoms with E-state index in [-0.39, 0.29) is 6.17 Å². The van der Waals surface area contributed by atoms with Gasteiger partial charge < -0.3 is 10.2 Å². The van der Waals surface area contributed by atoms with Crippen LogP contribution in [0.3, 0.4) is 0 Å². The monoisotopic (exact) mass is 467 g/mol. The average molecular weight is 468 g/mol. The smallest absolute Gasteiger partial charge is 0.101 e. The van der Waals surface area contributed by atoms with Crippen LogP contribution in [-0.4, -0.2) is 11.1 Å². The Morgan fingerprint density at radius 1 is 0.794 bits per heavy atom. The molecule has 0 aliphatic carbocycles. The van der Waals surface area contributed by atoms with E-state index in [9.17, 15) is 0 Å². The predicted molar refractivity (Wildman–Crippen MR) is 148 cm³/mol. The lowest BCUT2D eigenvalue weighted by Crippen LogP contribution is -2.34. The number of fused-ring (bicyclic) bond motifs is 1. The van der Waals surface area contributed by atoms with E-state index in [1.807, 2.05) is 0 Å². The molecule has 0 unspecified atom stereocenters. The Bertz CT molecular complexity index is 1430. The molecule has 0 saturated heterocycles. The number of anilines is 1. The summed E-state index contributed by atoms with van der Waals surface area (Å²) in [6, 6.07) is 13.7. The normalized spacial score (nSPS) is 15.7. The van der Waals surface area contributed by atoms with Gasteiger partial charge in [-0.25, -0.2) is 4.98 Å². The fourth-order valence-corrected chi connectivity index (χ4v) is 6.72. The molecule has 0 saturated carbocycles. The van der Waals surface area contributed by atoms with Crippen LogP contribution in [0, 0.1) is 48.5 Å². The van der Waals surface area contributed by atoms with Crippen molar-refractivity contribution in [2.75, 3.05) is 4.90 Å². The molecule has 34 heavy (non-hydrogen) atoms. The summed E-state index contributed by atoms with van der Waals surface area (Å²) in [5.74, 6) is 0. The largest absolute Gasteiger partial charge is 0.369 e. The summed E-state index contributed by atoms with van der Waals surface area (Å²) in [6.45, 7) is 17.5. The second-order valence-electron chi connectivity index (χ2n) is 9.83. The molecule has 2 heterocycles. The molecule has 5 rings (SSSR count). The minimum atomic E-state index is 0.161. The summed E-state index contributed by atoms with van der Waals surface area (Å²) in [7, 11) is 0. The Morgan fingerprint density at radius 3 is 1.94 bits per heavy atom. The highest BCUT2D eigenvalue weighted by atomic mass is 32.1. The molecule has 1 atom stereocenters. The quantitative estimate of drug-likeness (QED) is 0.332. The first-order chi connectivity index (χ1) is 16.2. The number of thiazole rings is 1. The second-order valence-corrected chi connectivity index (χ2v) is 11.0. The van der Waals surface area contributed by atoms with Gasteiger partial charge >= 0.3 is 0 Å². The molecule has 1 N–H and O–H groups in total. The molecule has 3 aromatic carbocycles. The highest BCUT2D eigenvalue weighted by molar-refractivity contribution is 7.19. The van der Waals surface area contributed by atoms with E-state index in [1.165, 1.54) is 66.2 Å². The van der Waals surface area contributed by atoms with Gasteiger partial charge in [-0.05, 0) is 89.3 Å². The molecule has 0 fully saturated rings. The minimum absolute atomic E-state index is 0.161. The predicted octanol–water partition coefficient (Wildman–Crippen LogP) is 7.88. The maximum absolute atomic E-state index is 5.05. The van der Waals surface area contributed by atoms with Crippen LogP contribution in [0.2, 0.25) is 0 Å². The SMILES string of the molecule is Cc1cc(C)c(C2=CN[C@@H](C)N2c2ccc(-c3c(C)cc(C)cc3C)c3nc(C)sc23)c(C)c1. The molecular formula is C30H33N3S. The zero-order chi connectivity index (χ0) is 24.3. The topological polar surface area (TPSA) is 28.2 Å². The van der Waals surface area contributed by atoms with Crippen LogP contribution in [0.5, 0.6) is 0 Å². The Balaban J connectivity index is 1.72. The van der Waals surface area contributed by atoms with Crippen LogP contribution in [0.1, 0.15) is 50.9 Å². The Kier molecular flexibility index (Phi) is 5.52. The molecule has 0 bridgehead atoms. The van der Waals surface area contributed by atoms with Crippen molar-refractivity contribution in [2.45, 2.75) is 61.6 Å². The van der Waals surface area contributed by atoms with E-state index >= 15 is 0 Å². The van der Waals surface area contributed by atoms with E-state index in [0.717, 1.165) is 10.5 Å². The molecule has 1 aliphatic heterocycles. The molecule has 4 aromatic rings. The van der Waals surface area contributed by atoms with E-state index in [1.54, 1.807) is 11.3 Å². The molecule has 0 amide bonds. The summed E-state index contributed by atoms with van der Waals surface area (Å²) in [5, 5.41) is 4.67.